The van der Waals surface area contributed by atoms with Crippen molar-refractivity contribution in [1.82, 2.24) is 9.97 Å². The summed E-state index contributed by atoms with van der Waals surface area (Å²) in [6.45, 7) is 4.02. The average molecular weight is 546 g/mol. The summed E-state index contributed by atoms with van der Waals surface area (Å²) in [5, 5.41) is 3.18. The highest BCUT2D eigenvalue weighted by molar-refractivity contribution is 8.00. The number of nitrogens with zero attached hydrogens (tertiary/aromatic N) is 1. The first-order valence-corrected chi connectivity index (χ1v) is 13.5. The molecule has 0 bridgehead atoms. The Labute approximate surface area is 232 Å². The molecule has 0 aliphatic carbocycles. The van der Waals surface area contributed by atoms with Crippen molar-refractivity contribution in [2.45, 2.75) is 30.7 Å². The molecule has 1 amide bonds. The maximum absolute atomic E-state index is 13.1. The number of benzene rings is 3. The van der Waals surface area contributed by atoms with Gasteiger partial charge in [0.25, 0.3) is 0 Å². The first kappa shape index (κ1) is 27.8. The van der Waals surface area contributed by atoms with Gasteiger partial charge in [0.2, 0.25) is 5.91 Å². The highest BCUT2D eigenvalue weighted by Crippen LogP contribution is 2.36. The summed E-state index contributed by atoms with van der Waals surface area (Å²) in [5.41, 5.74) is 4.52. The van der Waals surface area contributed by atoms with Crippen LogP contribution in [0, 0.1) is 0 Å². The molecule has 1 atom stereocenters. The van der Waals surface area contributed by atoms with Crippen LogP contribution in [0.1, 0.15) is 30.6 Å². The molecular weight excluding hydrogens is 514 g/mol. The maximum Gasteiger partial charge on any atom is 0.338 e. The first-order chi connectivity index (χ1) is 18.9. The number of amides is 1. The number of nitrogens with one attached hydrogen (secondary N) is 2. The molecule has 8 nitrogen and oxygen atoms in total. The number of hydrogen-bond donors (Lipinski definition) is 2. The fourth-order valence-electron chi connectivity index (χ4n) is 3.92. The van der Waals surface area contributed by atoms with Crippen molar-refractivity contribution in [3.8, 4) is 34.0 Å². The molecule has 0 spiro atoms. The van der Waals surface area contributed by atoms with E-state index < -0.39 is 11.2 Å². The Kier molecular flexibility index (Phi) is 9.27. The topological polar surface area (TPSA) is 103 Å². The molecule has 0 aliphatic rings. The summed E-state index contributed by atoms with van der Waals surface area (Å²) >= 11 is 1.37. The van der Waals surface area contributed by atoms with Crippen LogP contribution < -0.4 is 14.8 Å². The van der Waals surface area contributed by atoms with E-state index in [-0.39, 0.29) is 5.91 Å². The predicted octanol–water partition coefficient (Wildman–Crippen LogP) is 6.45. The Balaban J connectivity index is 1.57. The minimum Gasteiger partial charge on any atom is -0.497 e. The first-order valence-electron chi connectivity index (χ1n) is 12.6. The number of aromatic nitrogens is 2. The number of anilines is 1. The fourth-order valence-corrected chi connectivity index (χ4v) is 4.82. The molecule has 39 heavy (non-hydrogen) atoms. The molecule has 1 aromatic heterocycles. The summed E-state index contributed by atoms with van der Waals surface area (Å²) in [7, 11) is 3.26. The van der Waals surface area contributed by atoms with Gasteiger partial charge in [0.1, 0.15) is 11.5 Å². The van der Waals surface area contributed by atoms with Crippen LogP contribution in [-0.2, 0) is 9.53 Å². The minimum absolute atomic E-state index is 0.153. The number of carbonyl (C=O) groups excluding carboxylic acids is 2. The number of rotatable bonds is 11. The van der Waals surface area contributed by atoms with Gasteiger partial charge in [0.05, 0.1) is 43.0 Å². The fraction of sp³-hybridized carbons (Fsp3) is 0.233. The molecule has 1 heterocycles. The number of hydrogen-bond acceptors (Lipinski definition) is 7. The molecule has 0 radical (unpaired) electrons. The molecule has 202 valence electrons. The van der Waals surface area contributed by atoms with Gasteiger partial charge in [-0.15, -0.1) is 0 Å². The number of imidazole rings is 1. The van der Waals surface area contributed by atoms with Gasteiger partial charge in [-0.1, -0.05) is 18.7 Å². The molecule has 2 N–H and O–H groups in total. The monoisotopic (exact) mass is 545 g/mol. The van der Waals surface area contributed by atoms with Gasteiger partial charge in [-0.3, -0.25) is 4.79 Å². The molecule has 0 fully saturated rings. The molecule has 0 saturated carbocycles. The van der Waals surface area contributed by atoms with Crippen molar-refractivity contribution in [3.63, 3.8) is 0 Å². The number of methoxy groups -OCH3 is 2. The molecule has 1 unspecified atom stereocenters. The third-order valence-electron chi connectivity index (χ3n) is 6.00. The normalized spacial score (nSPS) is 11.5. The summed E-state index contributed by atoms with van der Waals surface area (Å²) in [5.74, 6) is 0.972. The molecule has 0 saturated heterocycles. The van der Waals surface area contributed by atoms with Gasteiger partial charge in [0.15, 0.2) is 5.16 Å². The number of thioether (sulfide) groups is 1. The lowest BCUT2D eigenvalue weighted by Gasteiger charge is -2.13. The molecule has 4 aromatic rings. The van der Waals surface area contributed by atoms with Gasteiger partial charge in [-0.2, -0.15) is 0 Å². The van der Waals surface area contributed by atoms with Gasteiger partial charge in [0, 0.05) is 16.8 Å². The third kappa shape index (κ3) is 6.80. The van der Waals surface area contributed by atoms with Crippen molar-refractivity contribution in [2.75, 3.05) is 26.1 Å². The van der Waals surface area contributed by atoms with E-state index in [0.29, 0.717) is 29.4 Å². The smallest absolute Gasteiger partial charge is 0.338 e. The number of ether oxygens (including phenoxy) is 3. The zero-order valence-corrected chi connectivity index (χ0v) is 23.1. The lowest BCUT2D eigenvalue weighted by molar-refractivity contribution is -0.115. The van der Waals surface area contributed by atoms with Gasteiger partial charge >= 0.3 is 5.97 Å². The van der Waals surface area contributed by atoms with Crippen LogP contribution in [0.2, 0.25) is 0 Å². The number of esters is 1. The number of H-pyrrole nitrogens is 1. The Morgan fingerprint density at radius 2 is 1.46 bits per heavy atom. The van der Waals surface area contributed by atoms with Gasteiger partial charge < -0.3 is 24.5 Å². The largest absolute Gasteiger partial charge is 0.497 e. The Bertz CT molecular complexity index is 1340. The van der Waals surface area contributed by atoms with Crippen LogP contribution in [0.25, 0.3) is 22.5 Å². The Hall–Kier alpha value is -4.24. The van der Waals surface area contributed by atoms with Crippen LogP contribution in [0.4, 0.5) is 5.69 Å². The summed E-state index contributed by atoms with van der Waals surface area (Å²) in [6.07, 6.45) is 0.591. The maximum atomic E-state index is 13.1. The second-order valence-electron chi connectivity index (χ2n) is 8.52. The molecular formula is C30H31N3O5S. The predicted molar refractivity (Wildman–Crippen MR) is 154 cm³/mol. The Morgan fingerprint density at radius 1 is 0.872 bits per heavy atom. The Morgan fingerprint density at radius 3 is 2.00 bits per heavy atom. The van der Waals surface area contributed by atoms with E-state index in [4.69, 9.17) is 19.2 Å². The average Bonchev–Trinajstić information content (AvgIpc) is 3.40. The van der Waals surface area contributed by atoms with E-state index in [1.54, 1.807) is 45.4 Å². The summed E-state index contributed by atoms with van der Waals surface area (Å²) in [6, 6.07) is 22.1. The third-order valence-corrected chi connectivity index (χ3v) is 7.25. The molecule has 3 aromatic carbocycles. The van der Waals surface area contributed by atoms with E-state index in [1.807, 2.05) is 55.5 Å². The van der Waals surface area contributed by atoms with Crippen LogP contribution in [-0.4, -0.2) is 47.9 Å². The van der Waals surface area contributed by atoms with E-state index in [1.165, 1.54) is 11.8 Å². The number of carbonyl (C=O) groups is 2. The van der Waals surface area contributed by atoms with Crippen molar-refractivity contribution in [3.05, 3.63) is 78.4 Å². The standard InChI is InChI=1S/C30H31N3O5S/c1-5-25(28(34)31-22-13-7-21(8-14-22)29(35)38-6-2)39-30-32-26(19-9-15-23(36-3)16-10-19)27(33-30)20-11-17-24(37-4)18-12-20/h7-18,25H,5-6H2,1-4H3,(H,31,34)(H,32,33). The number of aromatic amines is 1. The zero-order chi connectivity index (χ0) is 27.8. The summed E-state index contributed by atoms with van der Waals surface area (Å²) < 4.78 is 15.6. The highest BCUT2D eigenvalue weighted by Gasteiger charge is 2.22. The van der Waals surface area contributed by atoms with Crippen molar-refractivity contribution < 1.29 is 23.8 Å². The highest BCUT2D eigenvalue weighted by atomic mass is 32.2. The van der Waals surface area contributed by atoms with Gasteiger partial charge in [-0.05, 0) is 86.1 Å². The van der Waals surface area contributed by atoms with E-state index >= 15 is 0 Å². The second-order valence-corrected chi connectivity index (χ2v) is 9.72. The second kappa shape index (κ2) is 13.0. The quantitative estimate of drug-likeness (QED) is 0.165. The molecule has 0 aliphatic heterocycles. The van der Waals surface area contributed by atoms with Gasteiger partial charge in [-0.25, -0.2) is 9.78 Å². The summed E-state index contributed by atoms with van der Waals surface area (Å²) in [4.78, 5) is 33.4. The lowest BCUT2D eigenvalue weighted by Crippen LogP contribution is -2.24. The molecule has 9 heteroatoms. The van der Waals surface area contributed by atoms with Crippen LogP contribution in [0.5, 0.6) is 11.5 Å². The zero-order valence-electron chi connectivity index (χ0n) is 22.3. The molecule has 4 rings (SSSR count). The SMILES string of the molecule is CCOC(=O)c1ccc(NC(=O)C(CC)Sc2nc(-c3ccc(OC)cc3)c(-c3ccc(OC)cc3)[nH]2)cc1. The van der Waals surface area contributed by atoms with E-state index in [0.717, 1.165) is 34.0 Å². The lowest BCUT2D eigenvalue weighted by atomic mass is 10.0. The minimum atomic E-state index is -0.395. The van der Waals surface area contributed by atoms with E-state index in [2.05, 4.69) is 10.3 Å². The van der Waals surface area contributed by atoms with Crippen molar-refractivity contribution >= 4 is 29.3 Å². The van der Waals surface area contributed by atoms with Crippen LogP contribution in [0.3, 0.4) is 0 Å². The van der Waals surface area contributed by atoms with Crippen LogP contribution in [0.15, 0.2) is 78.0 Å². The van der Waals surface area contributed by atoms with Crippen molar-refractivity contribution in [1.29, 1.82) is 0 Å². The van der Waals surface area contributed by atoms with Crippen LogP contribution >= 0.6 is 11.8 Å². The van der Waals surface area contributed by atoms with Crippen molar-refractivity contribution in [2.24, 2.45) is 0 Å². The van der Waals surface area contributed by atoms with E-state index in [9.17, 15) is 9.59 Å².